The van der Waals surface area contributed by atoms with Crippen molar-refractivity contribution < 1.29 is 13.2 Å². The molecule has 0 fully saturated rings. The highest BCUT2D eigenvalue weighted by Crippen LogP contribution is 2.33. The molecule has 0 amide bonds. The Morgan fingerprint density at radius 2 is 1.59 bits per heavy atom. The van der Waals surface area contributed by atoms with Crippen molar-refractivity contribution in [2.45, 2.75) is 13.8 Å². The number of benzene rings is 2. The lowest BCUT2D eigenvalue weighted by Crippen LogP contribution is -2.31. The van der Waals surface area contributed by atoms with Crippen molar-refractivity contribution in [1.29, 1.82) is 0 Å². The van der Waals surface area contributed by atoms with Crippen molar-refractivity contribution in [2.75, 3.05) is 17.1 Å². The van der Waals surface area contributed by atoms with Crippen molar-refractivity contribution in [1.82, 2.24) is 0 Å². The third-order valence-electron chi connectivity index (χ3n) is 3.14. The van der Waals surface area contributed by atoms with Crippen LogP contribution < -0.4 is 9.04 Å². The molecule has 0 aliphatic rings. The number of ether oxygens (including phenoxy) is 1. The summed E-state index contributed by atoms with van der Waals surface area (Å²) in [7, 11) is -1.81. The van der Waals surface area contributed by atoms with Crippen molar-refractivity contribution in [2.24, 2.45) is 5.92 Å². The van der Waals surface area contributed by atoms with E-state index in [1.54, 1.807) is 25.2 Å². The highest BCUT2D eigenvalue weighted by atomic mass is 32.2. The van der Waals surface area contributed by atoms with Crippen LogP contribution in [0.15, 0.2) is 54.6 Å². The molecule has 0 saturated carbocycles. The van der Waals surface area contributed by atoms with E-state index >= 15 is 0 Å². The van der Waals surface area contributed by atoms with Gasteiger partial charge in [-0.3, -0.25) is 4.31 Å². The van der Waals surface area contributed by atoms with Crippen LogP contribution in [0.4, 0.5) is 5.69 Å². The summed E-state index contributed by atoms with van der Waals surface area (Å²) in [5.74, 6) is 1.35. The normalized spacial score (nSPS) is 11.5. The van der Waals surface area contributed by atoms with E-state index in [-0.39, 0.29) is 11.7 Å². The van der Waals surface area contributed by atoms with Gasteiger partial charge in [0.1, 0.15) is 5.75 Å². The first-order valence-electron chi connectivity index (χ1n) is 7.18. The molecule has 0 N–H and O–H groups in total. The Balaban J connectivity index is 2.32. The predicted molar refractivity (Wildman–Crippen MR) is 90.0 cm³/mol. The second kappa shape index (κ2) is 6.83. The van der Waals surface area contributed by atoms with Crippen LogP contribution in [-0.2, 0) is 10.0 Å². The number of para-hydroxylation sites is 3. The van der Waals surface area contributed by atoms with Gasteiger partial charge in [-0.15, -0.1) is 0 Å². The molecule has 0 saturated heterocycles. The van der Waals surface area contributed by atoms with E-state index in [1.807, 2.05) is 50.2 Å². The average Bonchev–Trinajstić information content (AvgIpc) is 2.47. The third kappa shape index (κ3) is 4.01. The van der Waals surface area contributed by atoms with Crippen LogP contribution in [-0.4, -0.2) is 21.2 Å². The van der Waals surface area contributed by atoms with E-state index < -0.39 is 10.0 Å². The van der Waals surface area contributed by atoms with Gasteiger partial charge in [0.2, 0.25) is 10.0 Å². The molecule has 0 bridgehead atoms. The second-order valence-corrected chi connectivity index (χ2v) is 7.57. The molecule has 0 aliphatic carbocycles. The zero-order chi connectivity index (χ0) is 16.2. The molecule has 0 aliphatic heterocycles. The molecule has 5 heteroatoms. The van der Waals surface area contributed by atoms with Gasteiger partial charge >= 0.3 is 0 Å². The number of anilines is 1. The molecule has 2 rings (SSSR count). The summed E-state index contributed by atoms with van der Waals surface area (Å²) in [4.78, 5) is 0. The van der Waals surface area contributed by atoms with E-state index in [1.165, 1.54) is 4.31 Å². The van der Waals surface area contributed by atoms with Gasteiger partial charge in [0.25, 0.3) is 0 Å². The van der Waals surface area contributed by atoms with Crippen LogP contribution in [0.25, 0.3) is 0 Å². The molecule has 22 heavy (non-hydrogen) atoms. The summed E-state index contributed by atoms with van der Waals surface area (Å²) in [5.41, 5.74) is 0.534. The van der Waals surface area contributed by atoms with E-state index in [4.69, 9.17) is 4.74 Å². The molecule has 0 heterocycles. The summed E-state index contributed by atoms with van der Waals surface area (Å²) < 4.78 is 32.0. The lowest BCUT2D eigenvalue weighted by molar-refractivity contribution is 0.483. The van der Waals surface area contributed by atoms with Gasteiger partial charge in [0, 0.05) is 7.05 Å². The molecule has 4 nitrogen and oxygen atoms in total. The minimum atomic E-state index is -3.37. The monoisotopic (exact) mass is 319 g/mol. The van der Waals surface area contributed by atoms with Gasteiger partial charge in [-0.2, -0.15) is 0 Å². The number of sulfonamides is 1. The maximum Gasteiger partial charge on any atom is 0.235 e. The largest absolute Gasteiger partial charge is 0.455 e. The average molecular weight is 319 g/mol. The summed E-state index contributed by atoms with van der Waals surface area (Å²) in [5, 5.41) is 0. The Morgan fingerprint density at radius 1 is 1.00 bits per heavy atom. The van der Waals surface area contributed by atoms with Gasteiger partial charge in [0.15, 0.2) is 5.75 Å². The van der Waals surface area contributed by atoms with Crippen molar-refractivity contribution in [3.05, 3.63) is 54.6 Å². The first-order chi connectivity index (χ1) is 10.4. The Labute approximate surface area is 132 Å². The summed E-state index contributed by atoms with van der Waals surface area (Å²) >= 11 is 0. The fourth-order valence-corrected chi connectivity index (χ4v) is 3.62. The van der Waals surface area contributed by atoms with Crippen LogP contribution in [0.1, 0.15) is 13.8 Å². The molecule has 0 unspecified atom stereocenters. The summed E-state index contributed by atoms with van der Waals surface area (Å²) in [6.07, 6.45) is 0. The fraction of sp³-hybridized carbons (Fsp3) is 0.294. The topological polar surface area (TPSA) is 46.6 Å². The molecule has 0 spiro atoms. The van der Waals surface area contributed by atoms with Gasteiger partial charge in [-0.05, 0) is 30.2 Å². The Kier molecular flexibility index (Phi) is 5.08. The van der Waals surface area contributed by atoms with Gasteiger partial charge in [0.05, 0.1) is 11.4 Å². The maximum absolute atomic E-state index is 12.4. The van der Waals surface area contributed by atoms with Crippen molar-refractivity contribution >= 4 is 15.7 Å². The lowest BCUT2D eigenvalue weighted by atomic mass is 10.3. The maximum atomic E-state index is 12.4. The molecule has 0 aromatic heterocycles. The van der Waals surface area contributed by atoms with E-state index in [2.05, 4.69) is 0 Å². The number of nitrogens with zero attached hydrogens (tertiary/aromatic N) is 1. The Hall–Kier alpha value is -2.01. The Bertz CT molecular complexity index is 712. The predicted octanol–water partition coefficient (Wildman–Crippen LogP) is 3.90. The lowest BCUT2D eigenvalue weighted by Gasteiger charge is -2.23. The first-order valence-corrected chi connectivity index (χ1v) is 8.79. The smallest absolute Gasteiger partial charge is 0.235 e. The van der Waals surface area contributed by atoms with Gasteiger partial charge < -0.3 is 4.74 Å². The zero-order valence-electron chi connectivity index (χ0n) is 13.1. The van der Waals surface area contributed by atoms with Crippen LogP contribution in [0, 0.1) is 5.92 Å². The standard InChI is InChI=1S/C17H21NO3S/c1-14(2)13-22(19,20)18(3)16-11-7-8-12-17(16)21-15-9-5-4-6-10-15/h4-12,14H,13H2,1-3H3. The Morgan fingerprint density at radius 3 is 2.23 bits per heavy atom. The van der Waals surface area contributed by atoms with Crippen LogP contribution in [0.2, 0.25) is 0 Å². The number of hydrogen-bond donors (Lipinski definition) is 0. The highest BCUT2D eigenvalue weighted by molar-refractivity contribution is 7.92. The molecular weight excluding hydrogens is 298 g/mol. The van der Waals surface area contributed by atoms with Gasteiger partial charge in [-0.1, -0.05) is 44.2 Å². The fourth-order valence-electron chi connectivity index (χ4n) is 2.10. The van der Waals surface area contributed by atoms with Crippen LogP contribution >= 0.6 is 0 Å². The molecule has 2 aromatic carbocycles. The molecule has 0 atom stereocenters. The number of rotatable bonds is 6. The van der Waals surface area contributed by atoms with Crippen molar-refractivity contribution in [3.63, 3.8) is 0 Å². The van der Waals surface area contributed by atoms with Gasteiger partial charge in [-0.25, -0.2) is 8.42 Å². The van der Waals surface area contributed by atoms with E-state index in [0.717, 1.165) is 0 Å². The van der Waals surface area contributed by atoms with E-state index in [9.17, 15) is 8.42 Å². The number of hydrogen-bond acceptors (Lipinski definition) is 3. The molecule has 2 aromatic rings. The van der Waals surface area contributed by atoms with Crippen molar-refractivity contribution in [3.8, 4) is 11.5 Å². The first kappa shape index (κ1) is 16.4. The SMILES string of the molecule is CC(C)CS(=O)(=O)N(C)c1ccccc1Oc1ccccc1. The summed E-state index contributed by atoms with van der Waals surface area (Å²) in [6, 6.07) is 16.4. The summed E-state index contributed by atoms with van der Waals surface area (Å²) in [6.45, 7) is 3.77. The quantitative estimate of drug-likeness (QED) is 0.811. The highest BCUT2D eigenvalue weighted by Gasteiger charge is 2.22. The second-order valence-electron chi connectivity index (χ2n) is 5.52. The van der Waals surface area contributed by atoms with Crippen LogP contribution in [0.5, 0.6) is 11.5 Å². The zero-order valence-corrected chi connectivity index (χ0v) is 13.9. The van der Waals surface area contributed by atoms with Crippen LogP contribution in [0.3, 0.4) is 0 Å². The third-order valence-corrected chi connectivity index (χ3v) is 5.26. The molecule has 118 valence electrons. The van der Waals surface area contributed by atoms with E-state index in [0.29, 0.717) is 17.2 Å². The minimum Gasteiger partial charge on any atom is -0.455 e. The minimum absolute atomic E-state index is 0.0645. The molecule has 0 radical (unpaired) electrons. The molecular formula is C17H21NO3S.